The van der Waals surface area contributed by atoms with Gasteiger partial charge in [-0.1, -0.05) is 25.9 Å². The van der Waals surface area contributed by atoms with Gasteiger partial charge >= 0.3 is 11.7 Å². The summed E-state index contributed by atoms with van der Waals surface area (Å²) in [5.41, 5.74) is 11.8. The van der Waals surface area contributed by atoms with E-state index in [-0.39, 0.29) is 5.82 Å². The Labute approximate surface area is 143 Å². The first-order chi connectivity index (χ1) is 11.7. The van der Waals surface area contributed by atoms with Crippen LogP contribution in [0.5, 0.6) is 0 Å². The number of aliphatic hydroxyl groups excluding tert-OH is 1. The highest BCUT2D eigenvalue weighted by Gasteiger charge is 2.54. The number of rotatable bonds is 5. The third kappa shape index (κ3) is 3.58. The fraction of sp³-hybridized carbons (Fsp3) is 0.643. The quantitative estimate of drug-likeness (QED) is 0.338. The van der Waals surface area contributed by atoms with E-state index in [1.165, 1.54) is 12.3 Å². The Morgan fingerprint density at radius 2 is 2.36 bits per heavy atom. The highest BCUT2D eigenvalue weighted by atomic mass is 16.6. The lowest BCUT2D eigenvalue weighted by Gasteiger charge is -2.26. The van der Waals surface area contributed by atoms with Gasteiger partial charge in [-0.05, 0) is 11.6 Å². The average molecular weight is 352 g/mol. The number of nitrogens with zero attached hydrogens (tertiary/aromatic N) is 5. The summed E-state index contributed by atoms with van der Waals surface area (Å²) in [4.78, 5) is 30.0. The van der Waals surface area contributed by atoms with Crippen LogP contribution in [0, 0.1) is 11.8 Å². The first-order valence-corrected chi connectivity index (χ1v) is 7.65. The highest BCUT2D eigenvalue weighted by molar-refractivity contribution is 5.71. The number of aliphatic hydroxyl groups is 1. The molecule has 1 aliphatic heterocycles. The number of aromatic nitrogens is 2. The van der Waals surface area contributed by atoms with Crippen LogP contribution in [0.2, 0.25) is 0 Å². The molecule has 1 saturated heterocycles. The molecule has 0 spiro atoms. The second kappa shape index (κ2) is 7.09. The molecule has 4 unspecified atom stereocenters. The van der Waals surface area contributed by atoms with Crippen molar-refractivity contribution in [2.24, 2.45) is 17.0 Å². The minimum atomic E-state index is -1.84. The summed E-state index contributed by atoms with van der Waals surface area (Å²) in [5.74, 6) is -1.55. The van der Waals surface area contributed by atoms with Gasteiger partial charge < -0.3 is 20.3 Å². The number of hydrogen-bond donors (Lipinski definition) is 2. The topological polar surface area (TPSA) is 165 Å². The Morgan fingerprint density at radius 3 is 2.92 bits per heavy atom. The minimum absolute atomic E-state index is 0.0413. The van der Waals surface area contributed by atoms with Crippen LogP contribution in [0.4, 0.5) is 5.82 Å². The third-order valence-corrected chi connectivity index (χ3v) is 3.97. The maximum absolute atomic E-state index is 12.0. The number of azide groups is 1. The molecular weight excluding hydrogens is 332 g/mol. The van der Waals surface area contributed by atoms with E-state index in [2.05, 4.69) is 15.0 Å². The zero-order valence-corrected chi connectivity index (χ0v) is 14.1. The number of nitrogen functional groups attached to an aromatic ring is 1. The number of anilines is 1. The number of carbonyl (C=O) groups excluding carboxylic acids is 1. The van der Waals surface area contributed by atoms with Gasteiger partial charge in [-0.15, -0.1) is 0 Å². The van der Waals surface area contributed by atoms with Gasteiger partial charge in [0.1, 0.15) is 18.7 Å². The average Bonchev–Trinajstić information content (AvgIpc) is 2.78. The van der Waals surface area contributed by atoms with Crippen LogP contribution in [-0.2, 0) is 14.3 Å². The maximum atomic E-state index is 12.0. The van der Waals surface area contributed by atoms with E-state index in [0.29, 0.717) is 0 Å². The van der Waals surface area contributed by atoms with Crippen LogP contribution in [0.15, 0.2) is 22.2 Å². The molecule has 1 aromatic rings. The van der Waals surface area contributed by atoms with Gasteiger partial charge in [0.2, 0.25) is 5.72 Å². The fourth-order valence-corrected chi connectivity index (χ4v) is 2.53. The Morgan fingerprint density at radius 1 is 1.68 bits per heavy atom. The first kappa shape index (κ1) is 18.7. The van der Waals surface area contributed by atoms with Gasteiger partial charge in [-0.3, -0.25) is 9.36 Å². The molecule has 1 fully saturated rings. The van der Waals surface area contributed by atoms with E-state index in [4.69, 9.17) is 20.7 Å². The molecule has 0 aliphatic carbocycles. The SMILES string of the molecule is CC(C)C(=O)OCC1(N=[N+]=[N-])OC(n2ccc(N)nc2=O)C(C)C1O. The fourth-order valence-electron chi connectivity index (χ4n) is 2.53. The summed E-state index contributed by atoms with van der Waals surface area (Å²) < 4.78 is 11.9. The van der Waals surface area contributed by atoms with Crippen molar-refractivity contribution < 1.29 is 19.4 Å². The van der Waals surface area contributed by atoms with Gasteiger partial charge in [0, 0.05) is 17.0 Å². The van der Waals surface area contributed by atoms with Crippen molar-refractivity contribution in [3.05, 3.63) is 33.2 Å². The summed E-state index contributed by atoms with van der Waals surface area (Å²) in [5, 5.41) is 14.0. The normalized spacial score (nSPS) is 28.6. The Hall–Kier alpha value is -2.62. The molecule has 0 bridgehead atoms. The van der Waals surface area contributed by atoms with E-state index >= 15 is 0 Å². The summed E-state index contributed by atoms with van der Waals surface area (Å²) in [7, 11) is 0. The smallest absolute Gasteiger partial charge is 0.351 e. The van der Waals surface area contributed by atoms with Crippen molar-refractivity contribution in [1.29, 1.82) is 0 Å². The lowest BCUT2D eigenvalue weighted by Crippen LogP contribution is -2.44. The second-order valence-electron chi connectivity index (χ2n) is 6.15. The van der Waals surface area contributed by atoms with Gasteiger partial charge in [0.25, 0.3) is 0 Å². The molecular formula is C14H20N6O5. The largest absolute Gasteiger partial charge is 0.462 e. The van der Waals surface area contributed by atoms with Crippen LogP contribution in [0.25, 0.3) is 10.4 Å². The van der Waals surface area contributed by atoms with E-state index < -0.39 is 48.2 Å². The van der Waals surface area contributed by atoms with Crippen molar-refractivity contribution in [2.75, 3.05) is 12.3 Å². The molecule has 0 radical (unpaired) electrons. The van der Waals surface area contributed by atoms with E-state index in [0.717, 1.165) is 4.57 Å². The summed E-state index contributed by atoms with van der Waals surface area (Å²) in [6.07, 6.45) is -0.915. The molecule has 3 N–H and O–H groups in total. The monoisotopic (exact) mass is 352 g/mol. The third-order valence-electron chi connectivity index (χ3n) is 3.97. The molecule has 1 aliphatic rings. The molecule has 11 heteroatoms. The lowest BCUT2D eigenvalue weighted by molar-refractivity contribution is -0.168. The minimum Gasteiger partial charge on any atom is -0.462 e. The molecule has 2 rings (SSSR count). The van der Waals surface area contributed by atoms with Gasteiger partial charge in [0.15, 0.2) is 0 Å². The summed E-state index contributed by atoms with van der Waals surface area (Å²) in [6.45, 7) is 4.41. The number of carbonyl (C=O) groups is 1. The van der Waals surface area contributed by atoms with Gasteiger partial charge in [-0.2, -0.15) is 4.98 Å². The Balaban J connectivity index is 2.34. The number of esters is 1. The highest BCUT2D eigenvalue weighted by Crippen LogP contribution is 2.42. The first-order valence-electron chi connectivity index (χ1n) is 7.65. The Bertz CT molecular complexity index is 758. The summed E-state index contributed by atoms with van der Waals surface area (Å²) >= 11 is 0. The van der Waals surface area contributed by atoms with E-state index in [9.17, 15) is 14.7 Å². The molecule has 11 nitrogen and oxygen atoms in total. The molecule has 136 valence electrons. The van der Waals surface area contributed by atoms with Crippen LogP contribution in [0.3, 0.4) is 0 Å². The zero-order valence-electron chi connectivity index (χ0n) is 14.1. The van der Waals surface area contributed by atoms with Crippen LogP contribution in [-0.4, -0.2) is 39.1 Å². The van der Waals surface area contributed by atoms with E-state index in [1.54, 1.807) is 20.8 Å². The number of ether oxygens (including phenoxy) is 2. The molecule has 1 aromatic heterocycles. The van der Waals surface area contributed by atoms with Crippen molar-refractivity contribution in [3.8, 4) is 0 Å². The van der Waals surface area contributed by atoms with Crippen LogP contribution >= 0.6 is 0 Å². The lowest BCUT2D eigenvalue weighted by atomic mass is 9.98. The van der Waals surface area contributed by atoms with Crippen molar-refractivity contribution >= 4 is 11.8 Å². The second-order valence-corrected chi connectivity index (χ2v) is 6.15. The van der Waals surface area contributed by atoms with Crippen molar-refractivity contribution in [3.63, 3.8) is 0 Å². The molecule has 0 amide bonds. The molecule has 0 aromatic carbocycles. The van der Waals surface area contributed by atoms with Gasteiger partial charge in [-0.25, -0.2) is 4.79 Å². The Kier molecular flexibility index (Phi) is 5.31. The van der Waals surface area contributed by atoms with Crippen molar-refractivity contribution in [1.82, 2.24) is 9.55 Å². The van der Waals surface area contributed by atoms with E-state index in [1.807, 2.05) is 0 Å². The summed E-state index contributed by atoms with van der Waals surface area (Å²) in [6, 6.07) is 1.40. The van der Waals surface area contributed by atoms with Crippen LogP contribution < -0.4 is 11.4 Å². The molecule has 4 atom stereocenters. The number of nitrogens with two attached hydrogens (primary N) is 1. The predicted molar refractivity (Wildman–Crippen MR) is 85.9 cm³/mol. The van der Waals surface area contributed by atoms with Crippen molar-refractivity contribution in [2.45, 2.75) is 38.8 Å². The zero-order chi connectivity index (χ0) is 18.8. The molecule has 25 heavy (non-hydrogen) atoms. The van der Waals surface area contributed by atoms with Crippen LogP contribution in [0.1, 0.15) is 27.0 Å². The van der Waals surface area contributed by atoms with Gasteiger partial charge in [0.05, 0.1) is 12.0 Å². The molecule has 0 saturated carbocycles. The maximum Gasteiger partial charge on any atom is 0.351 e. The predicted octanol–water partition coefficient (Wildman–Crippen LogP) is 0.557. The standard InChI is InChI=1S/C14H20N6O5/c1-7(2)12(22)24-6-14(18-19-16)10(21)8(3)11(25-14)20-5-4-9(15)17-13(20)23/h4-5,7-8,10-11,21H,6H2,1-3H3,(H2,15,17,23). The molecule has 2 heterocycles. The number of hydrogen-bond acceptors (Lipinski definition) is 8.